The molecule has 5 heteroatoms. The average molecular weight is 379 g/mol. The van der Waals surface area contributed by atoms with E-state index < -0.39 is 0 Å². The molecule has 2 aromatic rings. The van der Waals surface area contributed by atoms with E-state index in [0.29, 0.717) is 17.8 Å². The van der Waals surface area contributed by atoms with Crippen molar-refractivity contribution in [1.29, 1.82) is 5.26 Å². The van der Waals surface area contributed by atoms with E-state index in [-0.39, 0.29) is 5.92 Å². The highest BCUT2D eigenvalue weighted by Crippen LogP contribution is 2.31. The Hall–Kier alpha value is -2.45. The molecule has 148 valence electrons. The topological polar surface area (TPSA) is 60.2 Å². The second kappa shape index (κ2) is 9.66. The Balaban J connectivity index is 1.59. The molecule has 0 saturated carbocycles. The van der Waals surface area contributed by atoms with E-state index in [4.69, 9.17) is 0 Å². The number of hydrogen-bond donors (Lipinski definition) is 0. The molecule has 0 atom stereocenters. The summed E-state index contributed by atoms with van der Waals surface area (Å²) in [5.74, 6) is 0.619. The van der Waals surface area contributed by atoms with Gasteiger partial charge in [-0.3, -0.25) is 9.78 Å². The normalized spacial score (nSPS) is 15.1. The molecule has 1 aliphatic heterocycles. The van der Waals surface area contributed by atoms with Crippen molar-refractivity contribution in [3.05, 3.63) is 36.0 Å². The van der Waals surface area contributed by atoms with Crippen molar-refractivity contribution in [2.24, 2.45) is 5.92 Å². The maximum atomic E-state index is 12.6. The summed E-state index contributed by atoms with van der Waals surface area (Å²) in [7, 11) is 0. The third-order valence-corrected chi connectivity index (χ3v) is 5.95. The molecule has 1 aromatic carbocycles. The van der Waals surface area contributed by atoms with Gasteiger partial charge in [-0.2, -0.15) is 5.26 Å². The standard InChI is InChI=1S/C23H30N4O/c1-3-26(4-2)14-6-8-22(28)18-11-15-27(16-12-18)21-10-9-19(17-24)23-20(21)7-5-13-25-23/h5,7,9-10,13,18H,3-4,6,8,11-12,14-16H2,1-2H3. The molecule has 1 aromatic heterocycles. The van der Waals surface area contributed by atoms with Crippen molar-refractivity contribution in [3.8, 4) is 6.07 Å². The van der Waals surface area contributed by atoms with Crippen LogP contribution in [0.3, 0.4) is 0 Å². The molecular formula is C23H30N4O. The first-order valence-electron chi connectivity index (χ1n) is 10.5. The number of pyridine rings is 1. The number of benzene rings is 1. The first-order valence-corrected chi connectivity index (χ1v) is 10.5. The fraction of sp³-hybridized carbons (Fsp3) is 0.522. The predicted molar refractivity (Wildman–Crippen MR) is 113 cm³/mol. The molecule has 1 fully saturated rings. The Morgan fingerprint density at radius 3 is 2.68 bits per heavy atom. The van der Waals surface area contributed by atoms with Gasteiger partial charge >= 0.3 is 0 Å². The van der Waals surface area contributed by atoms with Crippen LogP contribution in [0.15, 0.2) is 30.5 Å². The number of rotatable bonds is 8. The summed E-state index contributed by atoms with van der Waals surface area (Å²) in [6.45, 7) is 9.21. The van der Waals surface area contributed by atoms with Gasteiger partial charge in [0.05, 0.1) is 11.1 Å². The molecule has 0 radical (unpaired) electrons. The molecule has 0 bridgehead atoms. The second-order valence-corrected chi connectivity index (χ2v) is 7.50. The zero-order chi connectivity index (χ0) is 19.9. The Kier molecular flexibility index (Phi) is 7.00. The highest BCUT2D eigenvalue weighted by atomic mass is 16.1. The lowest BCUT2D eigenvalue weighted by Crippen LogP contribution is -2.36. The number of aromatic nitrogens is 1. The van der Waals surface area contributed by atoms with Gasteiger partial charge in [-0.15, -0.1) is 0 Å². The van der Waals surface area contributed by atoms with Crippen LogP contribution in [0.1, 0.15) is 45.1 Å². The van der Waals surface area contributed by atoms with Crippen LogP contribution >= 0.6 is 0 Å². The quantitative estimate of drug-likeness (QED) is 0.694. The van der Waals surface area contributed by atoms with Gasteiger partial charge in [0, 0.05) is 42.7 Å². The number of nitrogens with zero attached hydrogens (tertiary/aromatic N) is 4. The molecule has 0 unspecified atom stereocenters. The third kappa shape index (κ3) is 4.51. The molecule has 3 rings (SSSR count). The van der Waals surface area contributed by atoms with Gasteiger partial charge in [-0.25, -0.2) is 0 Å². The summed E-state index contributed by atoms with van der Waals surface area (Å²) in [4.78, 5) is 21.7. The van der Waals surface area contributed by atoms with E-state index >= 15 is 0 Å². The first kappa shape index (κ1) is 20.3. The predicted octanol–water partition coefficient (Wildman–Crippen LogP) is 4.01. The summed E-state index contributed by atoms with van der Waals surface area (Å²) in [5.41, 5.74) is 2.49. The lowest BCUT2D eigenvalue weighted by atomic mass is 9.89. The number of nitriles is 1. The largest absolute Gasteiger partial charge is 0.371 e. The molecule has 2 heterocycles. The molecule has 0 spiro atoms. The Morgan fingerprint density at radius 2 is 2.00 bits per heavy atom. The summed E-state index contributed by atoms with van der Waals surface area (Å²) in [6, 6.07) is 10.1. The number of anilines is 1. The van der Waals surface area contributed by atoms with Crippen LogP contribution in [0.4, 0.5) is 5.69 Å². The van der Waals surface area contributed by atoms with Gasteiger partial charge in [0.2, 0.25) is 0 Å². The van der Waals surface area contributed by atoms with Crippen molar-refractivity contribution in [1.82, 2.24) is 9.88 Å². The van der Waals surface area contributed by atoms with Crippen molar-refractivity contribution in [2.45, 2.75) is 39.5 Å². The van der Waals surface area contributed by atoms with Gasteiger partial charge in [0.25, 0.3) is 0 Å². The Bertz CT molecular complexity index is 845. The number of carbonyl (C=O) groups excluding carboxylic acids is 1. The highest BCUT2D eigenvalue weighted by molar-refractivity contribution is 5.95. The van der Waals surface area contributed by atoms with Crippen LogP contribution in [-0.2, 0) is 4.79 Å². The molecular weight excluding hydrogens is 348 g/mol. The van der Waals surface area contributed by atoms with Gasteiger partial charge in [0.1, 0.15) is 11.9 Å². The minimum absolute atomic E-state index is 0.190. The van der Waals surface area contributed by atoms with Gasteiger partial charge in [0.15, 0.2) is 0 Å². The van der Waals surface area contributed by atoms with E-state index in [1.54, 1.807) is 6.20 Å². The van der Waals surface area contributed by atoms with E-state index in [9.17, 15) is 10.1 Å². The lowest BCUT2D eigenvalue weighted by molar-refractivity contribution is -0.123. The molecule has 0 aliphatic carbocycles. The zero-order valence-corrected chi connectivity index (χ0v) is 17.0. The number of carbonyl (C=O) groups is 1. The Morgan fingerprint density at radius 1 is 1.25 bits per heavy atom. The van der Waals surface area contributed by atoms with Crippen LogP contribution in [0.5, 0.6) is 0 Å². The van der Waals surface area contributed by atoms with E-state index in [1.165, 1.54) is 0 Å². The minimum atomic E-state index is 0.190. The van der Waals surface area contributed by atoms with E-state index in [0.717, 1.165) is 68.6 Å². The smallest absolute Gasteiger partial charge is 0.136 e. The minimum Gasteiger partial charge on any atom is -0.371 e. The Labute approximate surface area is 168 Å². The van der Waals surface area contributed by atoms with Crippen molar-refractivity contribution >= 4 is 22.4 Å². The third-order valence-electron chi connectivity index (χ3n) is 5.95. The van der Waals surface area contributed by atoms with Crippen molar-refractivity contribution in [2.75, 3.05) is 37.6 Å². The summed E-state index contributed by atoms with van der Waals surface area (Å²) in [6.07, 6.45) is 5.21. The lowest BCUT2D eigenvalue weighted by Gasteiger charge is -2.34. The summed E-state index contributed by atoms with van der Waals surface area (Å²) < 4.78 is 0. The maximum absolute atomic E-state index is 12.6. The van der Waals surface area contributed by atoms with E-state index in [1.807, 2.05) is 24.3 Å². The van der Waals surface area contributed by atoms with Crippen molar-refractivity contribution < 1.29 is 4.79 Å². The molecule has 0 N–H and O–H groups in total. The number of piperidine rings is 1. The number of hydrogen-bond acceptors (Lipinski definition) is 5. The molecule has 0 amide bonds. The number of fused-ring (bicyclic) bond motifs is 1. The van der Waals surface area contributed by atoms with Crippen LogP contribution < -0.4 is 4.90 Å². The first-order chi connectivity index (χ1) is 13.7. The van der Waals surface area contributed by atoms with Gasteiger partial charge in [-0.05, 0) is 63.2 Å². The molecule has 28 heavy (non-hydrogen) atoms. The van der Waals surface area contributed by atoms with Gasteiger partial charge < -0.3 is 9.80 Å². The second-order valence-electron chi connectivity index (χ2n) is 7.50. The van der Waals surface area contributed by atoms with E-state index in [2.05, 4.69) is 34.7 Å². The maximum Gasteiger partial charge on any atom is 0.136 e. The van der Waals surface area contributed by atoms with Crippen molar-refractivity contribution in [3.63, 3.8) is 0 Å². The van der Waals surface area contributed by atoms with Crippen LogP contribution in [0.25, 0.3) is 10.9 Å². The van der Waals surface area contributed by atoms with Crippen LogP contribution in [-0.4, -0.2) is 48.4 Å². The fourth-order valence-corrected chi connectivity index (χ4v) is 4.19. The van der Waals surface area contributed by atoms with Gasteiger partial charge in [-0.1, -0.05) is 13.8 Å². The zero-order valence-electron chi connectivity index (χ0n) is 17.0. The number of Topliss-reactive ketones (excluding diaryl/α,β-unsaturated/α-hetero) is 1. The molecule has 1 aliphatic rings. The molecule has 5 nitrogen and oxygen atoms in total. The van der Waals surface area contributed by atoms with Crippen LogP contribution in [0.2, 0.25) is 0 Å². The van der Waals surface area contributed by atoms with Crippen LogP contribution in [0, 0.1) is 17.2 Å². The summed E-state index contributed by atoms with van der Waals surface area (Å²) >= 11 is 0. The highest BCUT2D eigenvalue weighted by Gasteiger charge is 2.25. The molecule has 1 saturated heterocycles. The summed E-state index contributed by atoms with van der Waals surface area (Å²) in [5, 5.41) is 10.3. The SMILES string of the molecule is CCN(CC)CCCC(=O)C1CCN(c2ccc(C#N)c3ncccc23)CC1. The fourth-order valence-electron chi connectivity index (χ4n) is 4.19. The monoisotopic (exact) mass is 378 g/mol. The number of ketones is 1. The average Bonchev–Trinajstić information content (AvgIpc) is 2.76.